The number of hydrogen-bond acceptors (Lipinski definition) is 1. The molecule has 0 spiro atoms. The summed E-state index contributed by atoms with van der Waals surface area (Å²) < 4.78 is 0. The molecule has 0 aliphatic heterocycles. The van der Waals surface area contributed by atoms with E-state index in [-0.39, 0.29) is 5.43 Å². The van der Waals surface area contributed by atoms with Crippen molar-refractivity contribution in [2.75, 3.05) is 0 Å². The molecule has 2 aromatic rings. The van der Waals surface area contributed by atoms with Crippen molar-refractivity contribution in [3.05, 3.63) is 58.9 Å². The first-order valence-electron chi connectivity index (χ1n) is 4.10. The molecule has 0 unspecified atom stereocenters. The van der Waals surface area contributed by atoms with Crippen LogP contribution in [0, 0.1) is 0 Å². The molecule has 0 aliphatic rings. The van der Waals surface area contributed by atoms with Crippen LogP contribution in [-0.4, -0.2) is 4.98 Å². The van der Waals surface area contributed by atoms with E-state index in [9.17, 15) is 4.79 Å². The molecule has 1 aromatic heterocycles. The summed E-state index contributed by atoms with van der Waals surface area (Å²) >= 11 is 0. The lowest BCUT2D eigenvalue weighted by Gasteiger charge is -1.98. The second kappa shape index (κ2) is 3.27. The minimum atomic E-state index is 0.0256. The van der Waals surface area contributed by atoms with Crippen LogP contribution in [-0.2, 0) is 0 Å². The summed E-state index contributed by atoms with van der Waals surface area (Å²) in [6.45, 7) is 0. The molecule has 2 nitrogen and oxygen atoms in total. The van der Waals surface area contributed by atoms with Crippen molar-refractivity contribution in [2.45, 2.75) is 0 Å². The monoisotopic (exact) mass is 171 g/mol. The van der Waals surface area contributed by atoms with E-state index in [1.807, 2.05) is 30.3 Å². The van der Waals surface area contributed by atoms with E-state index in [0.29, 0.717) is 0 Å². The van der Waals surface area contributed by atoms with Crippen LogP contribution >= 0.6 is 0 Å². The van der Waals surface area contributed by atoms with E-state index < -0.39 is 0 Å². The maximum absolute atomic E-state index is 11.0. The van der Waals surface area contributed by atoms with Gasteiger partial charge in [-0.05, 0) is 5.56 Å². The van der Waals surface area contributed by atoms with Crippen LogP contribution in [0.4, 0.5) is 0 Å². The molecule has 2 rings (SSSR count). The number of pyridine rings is 1. The number of nitrogens with one attached hydrogen (secondary N) is 1. The van der Waals surface area contributed by atoms with Gasteiger partial charge in [0.1, 0.15) is 0 Å². The summed E-state index contributed by atoms with van der Waals surface area (Å²) in [5, 5.41) is 0. The molecule has 0 amide bonds. The van der Waals surface area contributed by atoms with Gasteiger partial charge in [0.15, 0.2) is 5.43 Å². The Bertz CT molecular complexity index is 445. The topological polar surface area (TPSA) is 32.9 Å². The minimum absolute atomic E-state index is 0.0256. The Balaban J connectivity index is 2.54. The Hall–Kier alpha value is -1.83. The van der Waals surface area contributed by atoms with E-state index in [1.165, 1.54) is 6.07 Å². The fourth-order valence-corrected chi connectivity index (χ4v) is 1.23. The molecule has 0 aliphatic carbocycles. The highest BCUT2D eigenvalue weighted by atomic mass is 16.1. The summed E-state index contributed by atoms with van der Waals surface area (Å²) in [4.78, 5) is 14.1. The van der Waals surface area contributed by atoms with Gasteiger partial charge in [0, 0.05) is 24.0 Å². The van der Waals surface area contributed by atoms with Crippen molar-refractivity contribution in [1.82, 2.24) is 4.98 Å². The van der Waals surface area contributed by atoms with Crippen molar-refractivity contribution >= 4 is 0 Å². The zero-order valence-electron chi connectivity index (χ0n) is 7.03. The smallest absolute Gasteiger partial charge is 0.182 e. The molecule has 0 saturated heterocycles. The second-order valence-electron chi connectivity index (χ2n) is 2.80. The lowest BCUT2D eigenvalue weighted by molar-refractivity contribution is 1.30. The summed E-state index contributed by atoms with van der Waals surface area (Å²) in [6.07, 6.45) is 1.66. The van der Waals surface area contributed by atoms with Crippen molar-refractivity contribution in [1.29, 1.82) is 0 Å². The summed E-state index contributed by atoms with van der Waals surface area (Å²) in [7, 11) is 0. The van der Waals surface area contributed by atoms with Gasteiger partial charge in [0.05, 0.1) is 0 Å². The SMILES string of the molecule is O=c1cc[nH]c(-c2ccccc2)c1. The van der Waals surface area contributed by atoms with Gasteiger partial charge < -0.3 is 4.98 Å². The number of aromatic amines is 1. The van der Waals surface area contributed by atoms with Gasteiger partial charge in [-0.15, -0.1) is 0 Å². The largest absolute Gasteiger partial charge is 0.361 e. The molecule has 0 bridgehead atoms. The van der Waals surface area contributed by atoms with Crippen molar-refractivity contribution < 1.29 is 0 Å². The number of rotatable bonds is 1. The Kier molecular flexibility index (Phi) is 1.96. The zero-order chi connectivity index (χ0) is 9.10. The predicted molar refractivity (Wildman–Crippen MR) is 52.5 cm³/mol. The lowest BCUT2D eigenvalue weighted by atomic mass is 10.1. The first-order valence-corrected chi connectivity index (χ1v) is 4.10. The Morgan fingerprint density at radius 1 is 1.00 bits per heavy atom. The minimum Gasteiger partial charge on any atom is -0.361 e. The van der Waals surface area contributed by atoms with Gasteiger partial charge in [0.2, 0.25) is 0 Å². The molecule has 64 valence electrons. The van der Waals surface area contributed by atoms with E-state index in [0.717, 1.165) is 11.3 Å². The zero-order valence-corrected chi connectivity index (χ0v) is 7.03. The molecular weight excluding hydrogens is 162 g/mol. The van der Waals surface area contributed by atoms with Gasteiger partial charge in [0.25, 0.3) is 0 Å². The van der Waals surface area contributed by atoms with Crippen LogP contribution in [0.25, 0.3) is 11.3 Å². The maximum atomic E-state index is 11.0. The van der Waals surface area contributed by atoms with Gasteiger partial charge >= 0.3 is 0 Å². The summed E-state index contributed by atoms with van der Waals surface area (Å²) in [5.41, 5.74) is 1.91. The predicted octanol–water partition coefficient (Wildman–Crippen LogP) is 2.04. The van der Waals surface area contributed by atoms with Crippen molar-refractivity contribution in [3.8, 4) is 11.3 Å². The fraction of sp³-hybridized carbons (Fsp3) is 0. The molecule has 0 atom stereocenters. The number of H-pyrrole nitrogens is 1. The summed E-state index contributed by atoms with van der Waals surface area (Å²) in [6, 6.07) is 12.9. The molecule has 0 radical (unpaired) electrons. The lowest BCUT2D eigenvalue weighted by Crippen LogP contribution is -1.97. The highest BCUT2D eigenvalue weighted by Gasteiger charge is 1.95. The molecule has 1 heterocycles. The molecule has 1 N–H and O–H groups in total. The first kappa shape index (κ1) is 7.80. The molecule has 0 fully saturated rings. The first-order chi connectivity index (χ1) is 6.36. The average Bonchev–Trinajstić information content (AvgIpc) is 2.19. The van der Waals surface area contributed by atoms with Crippen molar-refractivity contribution in [2.24, 2.45) is 0 Å². The normalized spacial score (nSPS) is 9.85. The van der Waals surface area contributed by atoms with Gasteiger partial charge in [-0.25, -0.2) is 0 Å². The second-order valence-corrected chi connectivity index (χ2v) is 2.80. The van der Waals surface area contributed by atoms with Crippen LogP contribution in [0.5, 0.6) is 0 Å². The van der Waals surface area contributed by atoms with Gasteiger partial charge in [-0.1, -0.05) is 30.3 Å². The van der Waals surface area contributed by atoms with Crippen LogP contribution in [0.3, 0.4) is 0 Å². The van der Waals surface area contributed by atoms with Crippen LogP contribution in [0.15, 0.2) is 53.5 Å². The maximum Gasteiger partial charge on any atom is 0.182 e. The van der Waals surface area contributed by atoms with E-state index in [2.05, 4.69) is 4.98 Å². The standard InChI is InChI=1S/C11H9NO/c13-10-6-7-12-11(8-10)9-4-2-1-3-5-9/h1-8H,(H,12,13). The molecule has 2 heteroatoms. The molecular formula is C11H9NO. The summed E-state index contributed by atoms with van der Waals surface area (Å²) in [5.74, 6) is 0. The third kappa shape index (κ3) is 1.67. The number of hydrogen-bond donors (Lipinski definition) is 1. The van der Waals surface area contributed by atoms with E-state index in [4.69, 9.17) is 0 Å². The highest BCUT2D eigenvalue weighted by molar-refractivity contribution is 5.58. The fourth-order valence-electron chi connectivity index (χ4n) is 1.23. The number of aromatic nitrogens is 1. The van der Waals surface area contributed by atoms with Gasteiger partial charge in [-0.3, -0.25) is 4.79 Å². The Morgan fingerprint density at radius 2 is 1.77 bits per heavy atom. The Morgan fingerprint density at radius 3 is 2.46 bits per heavy atom. The number of benzene rings is 1. The third-order valence-electron chi connectivity index (χ3n) is 1.86. The average molecular weight is 171 g/mol. The molecule has 0 saturated carbocycles. The van der Waals surface area contributed by atoms with Gasteiger partial charge in [-0.2, -0.15) is 0 Å². The molecule has 1 aromatic carbocycles. The van der Waals surface area contributed by atoms with Crippen LogP contribution in [0.2, 0.25) is 0 Å². The van der Waals surface area contributed by atoms with Crippen LogP contribution in [0.1, 0.15) is 0 Å². The third-order valence-corrected chi connectivity index (χ3v) is 1.86. The quantitative estimate of drug-likeness (QED) is 0.699. The highest BCUT2D eigenvalue weighted by Crippen LogP contribution is 2.12. The Labute approximate surface area is 75.9 Å². The van der Waals surface area contributed by atoms with E-state index >= 15 is 0 Å². The van der Waals surface area contributed by atoms with Crippen LogP contribution < -0.4 is 5.43 Å². The van der Waals surface area contributed by atoms with Crippen molar-refractivity contribution in [3.63, 3.8) is 0 Å². The molecule has 13 heavy (non-hydrogen) atoms. The van der Waals surface area contributed by atoms with E-state index in [1.54, 1.807) is 12.3 Å².